The normalized spacial score (nSPS) is 16.5. The molecule has 4 nitrogen and oxygen atoms in total. The molecule has 0 spiro atoms. The standard InChI is InChI=1S/C14H20N2O2S/c1-19-14(6-3-7-14)10-16-13(17)9-18-12-5-2-4-11(15)8-12/h2,4-5,8H,3,6-7,9-10,15H2,1H3,(H,16,17). The van der Waals surface area contributed by atoms with E-state index in [4.69, 9.17) is 10.5 Å². The monoisotopic (exact) mass is 280 g/mol. The van der Waals surface area contributed by atoms with Gasteiger partial charge in [-0.1, -0.05) is 12.5 Å². The number of hydrogen-bond donors (Lipinski definition) is 2. The van der Waals surface area contributed by atoms with Crippen LogP contribution in [-0.2, 0) is 4.79 Å². The SMILES string of the molecule is CSC1(CNC(=O)COc2cccc(N)c2)CCC1. The molecule has 5 heteroatoms. The maximum Gasteiger partial charge on any atom is 0.257 e. The van der Waals surface area contributed by atoms with Crippen molar-refractivity contribution in [3.63, 3.8) is 0 Å². The summed E-state index contributed by atoms with van der Waals surface area (Å²) in [4.78, 5) is 11.7. The molecule has 1 aromatic rings. The number of nitrogen functional groups attached to an aromatic ring is 1. The largest absolute Gasteiger partial charge is 0.484 e. The molecule has 1 aliphatic rings. The summed E-state index contributed by atoms with van der Waals surface area (Å²) < 4.78 is 5.66. The highest BCUT2D eigenvalue weighted by Crippen LogP contribution is 2.42. The Hall–Kier alpha value is -1.36. The van der Waals surface area contributed by atoms with Crippen LogP contribution in [0.4, 0.5) is 5.69 Å². The quantitative estimate of drug-likeness (QED) is 0.783. The van der Waals surface area contributed by atoms with Crippen LogP contribution >= 0.6 is 11.8 Å². The molecule has 0 radical (unpaired) electrons. The third kappa shape index (κ3) is 3.80. The molecule has 0 saturated heterocycles. The number of carbonyl (C=O) groups is 1. The molecule has 1 aliphatic carbocycles. The zero-order chi connectivity index (χ0) is 13.7. The van der Waals surface area contributed by atoms with E-state index in [2.05, 4.69) is 11.6 Å². The molecule has 104 valence electrons. The van der Waals surface area contributed by atoms with E-state index in [1.54, 1.807) is 24.3 Å². The van der Waals surface area contributed by atoms with E-state index in [1.807, 2.05) is 11.8 Å². The Morgan fingerprint density at radius 1 is 1.53 bits per heavy atom. The minimum atomic E-state index is -0.0808. The molecule has 1 amide bonds. The van der Waals surface area contributed by atoms with Gasteiger partial charge in [0.05, 0.1) is 0 Å². The number of nitrogens with one attached hydrogen (secondary N) is 1. The Bertz CT molecular complexity index is 441. The highest BCUT2D eigenvalue weighted by Gasteiger charge is 2.36. The second-order valence-electron chi connectivity index (χ2n) is 4.88. The molecule has 0 bridgehead atoms. The number of ether oxygens (including phenoxy) is 1. The number of nitrogens with two attached hydrogens (primary N) is 1. The van der Waals surface area contributed by atoms with Crippen molar-refractivity contribution in [1.29, 1.82) is 0 Å². The number of anilines is 1. The van der Waals surface area contributed by atoms with Crippen LogP contribution in [0.3, 0.4) is 0 Å². The first-order valence-corrected chi connectivity index (χ1v) is 7.66. The average Bonchev–Trinajstić information content (AvgIpc) is 2.36. The van der Waals surface area contributed by atoms with E-state index in [-0.39, 0.29) is 17.3 Å². The summed E-state index contributed by atoms with van der Waals surface area (Å²) in [5.41, 5.74) is 6.27. The molecule has 1 aromatic carbocycles. The van der Waals surface area contributed by atoms with Gasteiger partial charge in [-0.2, -0.15) is 11.8 Å². The van der Waals surface area contributed by atoms with E-state index in [1.165, 1.54) is 19.3 Å². The summed E-state index contributed by atoms with van der Waals surface area (Å²) in [7, 11) is 0. The summed E-state index contributed by atoms with van der Waals surface area (Å²) in [6.07, 6.45) is 5.74. The maximum atomic E-state index is 11.7. The van der Waals surface area contributed by atoms with Crippen molar-refractivity contribution in [3.05, 3.63) is 24.3 Å². The molecule has 1 saturated carbocycles. The zero-order valence-corrected chi connectivity index (χ0v) is 12.0. The lowest BCUT2D eigenvalue weighted by atomic mass is 9.84. The van der Waals surface area contributed by atoms with Crippen LogP contribution in [0.5, 0.6) is 5.75 Å². The fraction of sp³-hybridized carbons (Fsp3) is 0.500. The molecule has 2 rings (SSSR count). The van der Waals surface area contributed by atoms with Gasteiger partial charge < -0.3 is 15.8 Å². The topological polar surface area (TPSA) is 64.3 Å². The van der Waals surface area contributed by atoms with Crippen LogP contribution in [0.2, 0.25) is 0 Å². The fourth-order valence-corrected chi connectivity index (χ4v) is 3.00. The van der Waals surface area contributed by atoms with Crippen LogP contribution in [0.25, 0.3) is 0 Å². The lowest BCUT2D eigenvalue weighted by molar-refractivity contribution is -0.123. The summed E-state index contributed by atoms with van der Waals surface area (Å²) in [6, 6.07) is 7.09. The summed E-state index contributed by atoms with van der Waals surface area (Å²) >= 11 is 1.85. The Morgan fingerprint density at radius 2 is 2.32 bits per heavy atom. The molecule has 19 heavy (non-hydrogen) atoms. The molecule has 3 N–H and O–H groups in total. The number of thioether (sulfide) groups is 1. The van der Waals surface area contributed by atoms with Gasteiger partial charge in [-0.3, -0.25) is 4.79 Å². The maximum absolute atomic E-state index is 11.7. The first kappa shape index (κ1) is 14.1. The number of amides is 1. The van der Waals surface area contributed by atoms with Crippen molar-refractivity contribution in [3.8, 4) is 5.75 Å². The van der Waals surface area contributed by atoms with Crippen molar-refractivity contribution in [2.45, 2.75) is 24.0 Å². The van der Waals surface area contributed by atoms with Crippen molar-refractivity contribution < 1.29 is 9.53 Å². The van der Waals surface area contributed by atoms with Crippen LogP contribution in [0, 0.1) is 0 Å². The van der Waals surface area contributed by atoms with Crippen LogP contribution in [-0.4, -0.2) is 30.1 Å². The highest BCUT2D eigenvalue weighted by molar-refractivity contribution is 8.00. The molecule has 0 atom stereocenters. The van der Waals surface area contributed by atoms with Gasteiger partial charge >= 0.3 is 0 Å². The second kappa shape index (κ2) is 6.19. The Morgan fingerprint density at radius 3 is 2.89 bits per heavy atom. The number of benzene rings is 1. The third-order valence-corrected chi connectivity index (χ3v) is 4.95. The molecule has 0 heterocycles. The van der Waals surface area contributed by atoms with E-state index in [9.17, 15) is 4.79 Å². The number of hydrogen-bond acceptors (Lipinski definition) is 4. The average molecular weight is 280 g/mol. The van der Waals surface area contributed by atoms with E-state index < -0.39 is 0 Å². The van der Waals surface area contributed by atoms with Crippen molar-refractivity contribution in [2.75, 3.05) is 25.1 Å². The van der Waals surface area contributed by atoms with Crippen LogP contribution < -0.4 is 15.8 Å². The summed E-state index contributed by atoms with van der Waals surface area (Å²) in [5, 5.41) is 2.95. The minimum Gasteiger partial charge on any atom is -0.484 e. The minimum absolute atomic E-state index is 0.0356. The molecule has 0 aromatic heterocycles. The van der Waals surface area contributed by atoms with Crippen molar-refractivity contribution >= 4 is 23.4 Å². The number of carbonyl (C=O) groups excluding carboxylic acids is 1. The van der Waals surface area contributed by atoms with E-state index in [0.29, 0.717) is 11.4 Å². The van der Waals surface area contributed by atoms with Crippen LogP contribution in [0.15, 0.2) is 24.3 Å². The molecular formula is C14H20N2O2S. The van der Waals surface area contributed by atoms with Gasteiger partial charge in [-0.25, -0.2) is 0 Å². The first-order chi connectivity index (χ1) is 9.13. The van der Waals surface area contributed by atoms with Crippen molar-refractivity contribution in [1.82, 2.24) is 5.32 Å². The first-order valence-electron chi connectivity index (χ1n) is 6.44. The smallest absolute Gasteiger partial charge is 0.257 e. The molecule has 0 aliphatic heterocycles. The van der Waals surface area contributed by atoms with E-state index >= 15 is 0 Å². The lowest BCUT2D eigenvalue weighted by Gasteiger charge is -2.40. The van der Waals surface area contributed by atoms with Gasteiger partial charge in [0, 0.05) is 23.0 Å². The lowest BCUT2D eigenvalue weighted by Crippen LogP contribution is -2.46. The fourth-order valence-electron chi connectivity index (χ4n) is 2.09. The van der Waals surface area contributed by atoms with Gasteiger partial charge in [0.15, 0.2) is 6.61 Å². The van der Waals surface area contributed by atoms with Gasteiger partial charge in [0.2, 0.25) is 0 Å². The molecule has 1 fully saturated rings. The summed E-state index contributed by atoms with van der Waals surface area (Å²) in [5.74, 6) is 0.543. The van der Waals surface area contributed by atoms with Crippen LogP contribution in [0.1, 0.15) is 19.3 Å². The number of rotatable bonds is 6. The predicted octanol–water partition coefficient (Wildman–Crippen LogP) is 2.05. The second-order valence-corrected chi connectivity index (χ2v) is 6.15. The van der Waals surface area contributed by atoms with Gasteiger partial charge in [0.1, 0.15) is 5.75 Å². The summed E-state index contributed by atoms with van der Waals surface area (Å²) in [6.45, 7) is 0.765. The Kier molecular flexibility index (Phi) is 4.58. The van der Waals surface area contributed by atoms with Crippen molar-refractivity contribution in [2.24, 2.45) is 0 Å². The van der Waals surface area contributed by atoms with Gasteiger partial charge in [-0.05, 0) is 31.2 Å². The molecule has 0 unspecified atom stereocenters. The molecular weight excluding hydrogens is 260 g/mol. The third-order valence-electron chi connectivity index (χ3n) is 3.53. The Labute approximate surface area is 118 Å². The predicted molar refractivity (Wildman–Crippen MR) is 79.5 cm³/mol. The van der Waals surface area contributed by atoms with E-state index in [0.717, 1.165) is 6.54 Å². The Balaban J connectivity index is 1.73. The highest BCUT2D eigenvalue weighted by atomic mass is 32.2. The van der Waals surface area contributed by atoms with Gasteiger partial charge in [-0.15, -0.1) is 0 Å². The van der Waals surface area contributed by atoms with Gasteiger partial charge in [0.25, 0.3) is 5.91 Å². The zero-order valence-electron chi connectivity index (χ0n) is 11.1.